The summed E-state index contributed by atoms with van der Waals surface area (Å²) in [6, 6.07) is 8.79. The van der Waals surface area contributed by atoms with Crippen LogP contribution in [0, 0.1) is 5.82 Å². The topological polar surface area (TPSA) is 58.8 Å². The van der Waals surface area contributed by atoms with E-state index in [4.69, 9.17) is 9.15 Å². The number of nitrogens with one attached hydrogen (secondary N) is 2. The average molecular weight is 412 g/mol. The SMILES string of the molecule is CN=C(NCCCOCc1ccco1)NCCc1ccc(F)c(Br)c1. The van der Waals surface area contributed by atoms with Gasteiger partial charge in [-0.1, -0.05) is 6.07 Å². The molecule has 7 heteroatoms. The zero-order valence-corrected chi connectivity index (χ0v) is 15.8. The molecule has 0 aliphatic carbocycles. The van der Waals surface area contributed by atoms with Crippen LogP contribution in [0.5, 0.6) is 0 Å². The lowest BCUT2D eigenvalue weighted by Gasteiger charge is -2.12. The molecule has 0 saturated carbocycles. The molecule has 0 atom stereocenters. The minimum atomic E-state index is -0.247. The van der Waals surface area contributed by atoms with Crippen molar-refractivity contribution in [1.29, 1.82) is 0 Å². The number of guanidine groups is 1. The van der Waals surface area contributed by atoms with Crippen molar-refractivity contribution < 1.29 is 13.5 Å². The molecule has 2 aromatic rings. The maximum Gasteiger partial charge on any atom is 0.190 e. The molecule has 0 bridgehead atoms. The summed E-state index contributed by atoms with van der Waals surface area (Å²) in [5, 5.41) is 6.48. The van der Waals surface area contributed by atoms with Gasteiger partial charge in [-0.3, -0.25) is 4.99 Å². The zero-order chi connectivity index (χ0) is 17.9. The monoisotopic (exact) mass is 411 g/mol. The number of furan rings is 1. The summed E-state index contributed by atoms with van der Waals surface area (Å²) in [7, 11) is 1.73. The molecule has 25 heavy (non-hydrogen) atoms. The molecule has 0 saturated heterocycles. The highest BCUT2D eigenvalue weighted by molar-refractivity contribution is 9.10. The minimum Gasteiger partial charge on any atom is -0.467 e. The first-order valence-electron chi connectivity index (χ1n) is 8.17. The highest BCUT2D eigenvalue weighted by Crippen LogP contribution is 2.16. The van der Waals surface area contributed by atoms with Gasteiger partial charge in [-0.05, 0) is 58.6 Å². The Morgan fingerprint density at radius 2 is 2.12 bits per heavy atom. The van der Waals surface area contributed by atoms with Crippen LogP contribution in [-0.4, -0.2) is 32.7 Å². The van der Waals surface area contributed by atoms with Crippen LogP contribution in [0.3, 0.4) is 0 Å². The van der Waals surface area contributed by atoms with Crippen molar-refractivity contribution in [3.8, 4) is 0 Å². The van der Waals surface area contributed by atoms with E-state index in [1.807, 2.05) is 12.1 Å². The maximum atomic E-state index is 13.2. The largest absolute Gasteiger partial charge is 0.467 e. The number of ether oxygens (including phenoxy) is 1. The molecule has 2 N–H and O–H groups in total. The smallest absolute Gasteiger partial charge is 0.190 e. The van der Waals surface area contributed by atoms with E-state index in [2.05, 4.69) is 31.6 Å². The molecule has 0 fully saturated rings. The highest BCUT2D eigenvalue weighted by atomic mass is 79.9. The predicted octanol–water partition coefficient (Wildman–Crippen LogP) is 3.50. The van der Waals surface area contributed by atoms with Crippen LogP contribution in [0.15, 0.2) is 50.5 Å². The molecule has 1 heterocycles. The van der Waals surface area contributed by atoms with E-state index >= 15 is 0 Å². The number of hydrogen-bond donors (Lipinski definition) is 2. The first-order valence-corrected chi connectivity index (χ1v) is 8.97. The third-order valence-corrected chi connectivity index (χ3v) is 4.10. The number of nitrogens with zero attached hydrogens (tertiary/aromatic N) is 1. The lowest BCUT2D eigenvalue weighted by Crippen LogP contribution is -2.39. The molecule has 0 amide bonds. The van der Waals surface area contributed by atoms with E-state index in [9.17, 15) is 4.39 Å². The van der Waals surface area contributed by atoms with Crippen LogP contribution in [-0.2, 0) is 17.8 Å². The lowest BCUT2D eigenvalue weighted by molar-refractivity contribution is 0.105. The Morgan fingerprint density at radius 3 is 2.84 bits per heavy atom. The lowest BCUT2D eigenvalue weighted by atomic mass is 10.1. The molecular formula is C18H23BrFN3O2. The first kappa shape index (κ1) is 19.5. The van der Waals surface area contributed by atoms with Gasteiger partial charge in [-0.25, -0.2) is 4.39 Å². The highest BCUT2D eigenvalue weighted by Gasteiger charge is 2.02. The Morgan fingerprint density at radius 1 is 1.28 bits per heavy atom. The molecule has 0 aliphatic heterocycles. The number of halogens is 2. The minimum absolute atomic E-state index is 0.247. The van der Waals surface area contributed by atoms with Crippen molar-refractivity contribution in [3.05, 3.63) is 58.2 Å². The van der Waals surface area contributed by atoms with E-state index in [-0.39, 0.29) is 5.82 Å². The summed E-state index contributed by atoms with van der Waals surface area (Å²) in [5.41, 5.74) is 1.06. The van der Waals surface area contributed by atoms with Gasteiger partial charge in [0.25, 0.3) is 0 Å². The third kappa shape index (κ3) is 7.27. The van der Waals surface area contributed by atoms with E-state index < -0.39 is 0 Å². The Kier molecular flexibility index (Phi) is 8.48. The molecule has 2 rings (SSSR count). The molecule has 1 aromatic carbocycles. The fourth-order valence-electron chi connectivity index (χ4n) is 2.19. The van der Waals surface area contributed by atoms with E-state index in [0.29, 0.717) is 24.2 Å². The molecule has 0 spiro atoms. The molecule has 5 nitrogen and oxygen atoms in total. The van der Waals surface area contributed by atoms with Gasteiger partial charge in [0, 0.05) is 26.7 Å². The van der Waals surface area contributed by atoms with E-state index in [1.54, 1.807) is 25.4 Å². The first-order chi connectivity index (χ1) is 12.2. The van der Waals surface area contributed by atoms with Crippen molar-refractivity contribution in [1.82, 2.24) is 10.6 Å². The van der Waals surface area contributed by atoms with Gasteiger partial charge in [-0.15, -0.1) is 0 Å². The van der Waals surface area contributed by atoms with Gasteiger partial charge < -0.3 is 19.8 Å². The van der Waals surface area contributed by atoms with Gasteiger partial charge in [0.2, 0.25) is 0 Å². The summed E-state index contributed by atoms with van der Waals surface area (Å²) in [6.45, 7) is 2.62. The van der Waals surface area contributed by atoms with Gasteiger partial charge in [0.1, 0.15) is 18.2 Å². The molecule has 136 valence electrons. The second kappa shape index (κ2) is 10.9. The van der Waals surface area contributed by atoms with Gasteiger partial charge in [0.05, 0.1) is 10.7 Å². The number of benzene rings is 1. The quantitative estimate of drug-likeness (QED) is 0.376. The van der Waals surface area contributed by atoms with Crippen LogP contribution in [0.2, 0.25) is 0 Å². The van der Waals surface area contributed by atoms with E-state index in [0.717, 1.165) is 36.7 Å². The van der Waals surface area contributed by atoms with Crippen LogP contribution >= 0.6 is 15.9 Å². The molecule has 0 aliphatic rings. The Labute approximate surface area is 155 Å². The van der Waals surface area contributed by atoms with Crippen LogP contribution in [0.25, 0.3) is 0 Å². The van der Waals surface area contributed by atoms with Crippen LogP contribution in [0.4, 0.5) is 4.39 Å². The molecular weight excluding hydrogens is 389 g/mol. The summed E-state index contributed by atoms with van der Waals surface area (Å²) in [4.78, 5) is 4.18. The molecule has 0 radical (unpaired) electrons. The van der Waals surface area contributed by atoms with Gasteiger partial charge >= 0.3 is 0 Å². The summed E-state index contributed by atoms with van der Waals surface area (Å²) >= 11 is 3.20. The number of hydrogen-bond acceptors (Lipinski definition) is 3. The Hall–Kier alpha value is -1.86. The summed E-state index contributed by atoms with van der Waals surface area (Å²) in [6.07, 6.45) is 3.29. The number of rotatable bonds is 9. The standard InChI is InChI=1S/C18H23BrFN3O2/c1-21-18(22-8-3-10-24-13-15-4-2-11-25-15)23-9-7-14-5-6-17(20)16(19)12-14/h2,4-6,11-12H,3,7-10,13H2,1H3,(H2,21,22,23). The molecule has 1 aromatic heterocycles. The summed E-state index contributed by atoms with van der Waals surface area (Å²) < 4.78 is 24.4. The summed E-state index contributed by atoms with van der Waals surface area (Å²) in [5.74, 6) is 1.33. The Bertz CT molecular complexity index is 662. The zero-order valence-electron chi connectivity index (χ0n) is 14.2. The van der Waals surface area contributed by atoms with Crippen molar-refractivity contribution in [2.75, 3.05) is 26.7 Å². The number of aliphatic imine (C=N–C) groups is 1. The van der Waals surface area contributed by atoms with Gasteiger partial charge in [-0.2, -0.15) is 0 Å². The van der Waals surface area contributed by atoms with Crippen LogP contribution < -0.4 is 10.6 Å². The van der Waals surface area contributed by atoms with E-state index in [1.165, 1.54) is 6.07 Å². The van der Waals surface area contributed by atoms with Crippen molar-refractivity contribution in [3.63, 3.8) is 0 Å². The second-order valence-electron chi connectivity index (χ2n) is 5.41. The third-order valence-electron chi connectivity index (χ3n) is 3.50. The van der Waals surface area contributed by atoms with Crippen LogP contribution in [0.1, 0.15) is 17.7 Å². The second-order valence-corrected chi connectivity index (χ2v) is 6.26. The molecule has 0 unspecified atom stereocenters. The maximum absolute atomic E-state index is 13.2. The van der Waals surface area contributed by atoms with Crippen molar-refractivity contribution in [2.45, 2.75) is 19.4 Å². The van der Waals surface area contributed by atoms with Gasteiger partial charge in [0.15, 0.2) is 5.96 Å². The normalized spacial score (nSPS) is 11.6. The predicted molar refractivity (Wildman–Crippen MR) is 100 cm³/mol. The Balaban J connectivity index is 1.56. The van der Waals surface area contributed by atoms with Crippen molar-refractivity contribution >= 4 is 21.9 Å². The fraction of sp³-hybridized carbons (Fsp3) is 0.389. The average Bonchev–Trinajstić information content (AvgIpc) is 3.12. The van der Waals surface area contributed by atoms with Crippen molar-refractivity contribution in [2.24, 2.45) is 4.99 Å². The fourth-order valence-corrected chi connectivity index (χ4v) is 2.62.